The molecule has 0 aromatic carbocycles. The molecule has 1 saturated heterocycles. The highest BCUT2D eigenvalue weighted by molar-refractivity contribution is 7.90. The van der Waals surface area contributed by atoms with E-state index in [4.69, 9.17) is 4.42 Å². The van der Waals surface area contributed by atoms with E-state index in [1.54, 1.807) is 27.9 Å². The quantitative estimate of drug-likeness (QED) is 0.732. The minimum atomic E-state index is -2.96. The third kappa shape index (κ3) is 4.93. The molecule has 0 bridgehead atoms. The Kier molecular flexibility index (Phi) is 5.24. The van der Waals surface area contributed by atoms with Gasteiger partial charge in [0.2, 0.25) is 0 Å². The summed E-state index contributed by atoms with van der Waals surface area (Å²) in [5.74, 6) is 1.02. The number of nitrogens with zero attached hydrogens (tertiary/aromatic N) is 4. The van der Waals surface area contributed by atoms with Gasteiger partial charge in [0, 0.05) is 51.4 Å². The molecule has 0 atom stereocenters. The van der Waals surface area contributed by atoms with Crippen molar-refractivity contribution in [2.45, 2.75) is 6.54 Å². The Morgan fingerprint density at radius 1 is 1.24 bits per heavy atom. The zero-order valence-electron chi connectivity index (χ0n) is 14.2. The Hall–Kier alpha value is -2.13. The molecule has 2 aromatic heterocycles. The lowest BCUT2D eigenvalue weighted by molar-refractivity contribution is 0.0611. The normalized spacial score (nSPS) is 16.3. The van der Waals surface area contributed by atoms with E-state index in [9.17, 15) is 13.2 Å². The average molecular weight is 366 g/mol. The maximum atomic E-state index is 12.5. The summed E-state index contributed by atoms with van der Waals surface area (Å²) >= 11 is 0. The summed E-state index contributed by atoms with van der Waals surface area (Å²) in [6.07, 6.45) is 4.77. The summed E-state index contributed by atoms with van der Waals surface area (Å²) in [5, 5.41) is 4.11. The third-order valence-electron chi connectivity index (χ3n) is 4.19. The van der Waals surface area contributed by atoms with E-state index in [1.807, 2.05) is 12.3 Å². The van der Waals surface area contributed by atoms with Crippen LogP contribution in [0.5, 0.6) is 0 Å². The van der Waals surface area contributed by atoms with Gasteiger partial charge in [0.25, 0.3) is 5.91 Å². The molecule has 1 aliphatic rings. The van der Waals surface area contributed by atoms with Gasteiger partial charge in [0.1, 0.15) is 15.6 Å². The maximum Gasteiger partial charge on any atom is 0.289 e. The fraction of sp³-hybridized carbons (Fsp3) is 0.500. The SMILES string of the molecule is CS(=O)(=O)CCN1CCN(C(=O)c2ccc(Cn3cccn3)o2)CC1. The zero-order chi connectivity index (χ0) is 17.9. The fourth-order valence-electron chi connectivity index (χ4n) is 2.76. The van der Waals surface area contributed by atoms with Gasteiger partial charge in [-0.25, -0.2) is 8.42 Å². The average Bonchev–Trinajstić information content (AvgIpc) is 3.24. The van der Waals surface area contributed by atoms with Crippen LogP contribution < -0.4 is 0 Å². The molecule has 0 saturated carbocycles. The van der Waals surface area contributed by atoms with Crippen LogP contribution in [0.25, 0.3) is 0 Å². The van der Waals surface area contributed by atoms with E-state index < -0.39 is 9.84 Å². The first-order chi connectivity index (χ1) is 11.9. The summed E-state index contributed by atoms with van der Waals surface area (Å²) in [7, 11) is -2.96. The summed E-state index contributed by atoms with van der Waals surface area (Å²) in [6.45, 7) is 3.47. The number of rotatable bonds is 6. The molecule has 8 nitrogen and oxygen atoms in total. The number of carbonyl (C=O) groups excluding carboxylic acids is 1. The molecule has 3 heterocycles. The van der Waals surface area contributed by atoms with Gasteiger partial charge in [-0.05, 0) is 18.2 Å². The van der Waals surface area contributed by atoms with E-state index in [2.05, 4.69) is 10.00 Å². The molecule has 0 N–H and O–H groups in total. The fourth-order valence-corrected chi connectivity index (χ4v) is 3.35. The molecule has 1 fully saturated rings. The first kappa shape index (κ1) is 17.7. The first-order valence-electron chi connectivity index (χ1n) is 8.16. The topological polar surface area (TPSA) is 88.7 Å². The lowest BCUT2D eigenvalue weighted by atomic mass is 10.3. The number of piperazine rings is 1. The number of hydrogen-bond donors (Lipinski definition) is 0. The van der Waals surface area contributed by atoms with Crippen LogP contribution in [0.3, 0.4) is 0 Å². The number of hydrogen-bond acceptors (Lipinski definition) is 6. The van der Waals surface area contributed by atoms with Gasteiger partial charge >= 0.3 is 0 Å². The predicted molar refractivity (Wildman–Crippen MR) is 92.1 cm³/mol. The molecule has 1 aliphatic heterocycles. The zero-order valence-corrected chi connectivity index (χ0v) is 15.0. The number of carbonyl (C=O) groups is 1. The van der Waals surface area contributed by atoms with Crippen LogP contribution in [-0.2, 0) is 16.4 Å². The lowest BCUT2D eigenvalue weighted by Crippen LogP contribution is -2.49. The molecular formula is C16H22N4O4S. The molecule has 0 radical (unpaired) electrons. The Morgan fingerprint density at radius 2 is 2.00 bits per heavy atom. The Balaban J connectivity index is 1.52. The summed E-state index contributed by atoms with van der Waals surface area (Å²) < 4.78 is 29.9. The van der Waals surface area contributed by atoms with Crippen molar-refractivity contribution in [3.05, 3.63) is 42.1 Å². The van der Waals surface area contributed by atoms with Crippen LogP contribution in [0.4, 0.5) is 0 Å². The smallest absolute Gasteiger partial charge is 0.289 e. The van der Waals surface area contributed by atoms with E-state index in [0.29, 0.717) is 50.8 Å². The van der Waals surface area contributed by atoms with Gasteiger partial charge in [-0.3, -0.25) is 14.4 Å². The first-order valence-corrected chi connectivity index (χ1v) is 10.2. The molecular weight excluding hydrogens is 344 g/mol. The predicted octanol–water partition coefficient (Wildman–Crippen LogP) is 0.327. The van der Waals surface area contributed by atoms with Gasteiger partial charge in [0.15, 0.2) is 5.76 Å². The van der Waals surface area contributed by atoms with Crippen LogP contribution in [0.1, 0.15) is 16.3 Å². The van der Waals surface area contributed by atoms with Crippen LogP contribution in [-0.4, -0.2) is 78.6 Å². The number of aromatic nitrogens is 2. The molecule has 25 heavy (non-hydrogen) atoms. The van der Waals surface area contributed by atoms with Crippen molar-refractivity contribution in [2.24, 2.45) is 0 Å². The highest BCUT2D eigenvalue weighted by Crippen LogP contribution is 2.13. The van der Waals surface area contributed by atoms with E-state index in [0.717, 1.165) is 0 Å². The van der Waals surface area contributed by atoms with Gasteiger partial charge in [-0.1, -0.05) is 0 Å². The van der Waals surface area contributed by atoms with Gasteiger partial charge < -0.3 is 9.32 Å². The highest BCUT2D eigenvalue weighted by Gasteiger charge is 2.24. The van der Waals surface area contributed by atoms with Crippen molar-refractivity contribution >= 4 is 15.7 Å². The van der Waals surface area contributed by atoms with Crippen molar-refractivity contribution in [1.82, 2.24) is 19.6 Å². The molecule has 3 rings (SSSR count). The van der Waals surface area contributed by atoms with Gasteiger partial charge in [0.05, 0.1) is 12.3 Å². The number of amides is 1. The second-order valence-electron chi connectivity index (χ2n) is 6.23. The van der Waals surface area contributed by atoms with Crippen LogP contribution in [0, 0.1) is 0 Å². The number of sulfone groups is 1. The monoisotopic (exact) mass is 366 g/mol. The molecule has 1 amide bonds. The van der Waals surface area contributed by atoms with Crippen LogP contribution in [0.2, 0.25) is 0 Å². The summed E-state index contributed by atoms with van der Waals surface area (Å²) in [6, 6.07) is 5.31. The Morgan fingerprint density at radius 3 is 2.64 bits per heavy atom. The molecule has 0 aliphatic carbocycles. The van der Waals surface area contributed by atoms with Gasteiger partial charge in [-0.2, -0.15) is 5.10 Å². The summed E-state index contributed by atoms with van der Waals surface area (Å²) in [4.78, 5) is 16.3. The van der Waals surface area contributed by atoms with E-state index >= 15 is 0 Å². The highest BCUT2D eigenvalue weighted by atomic mass is 32.2. The van der Waals surface area contributed by atoms with Crippen LogP contribution in [0.15, 0.2) is 35.0 Å². The van der Waals surface area contributed by atoms with Crippen molar-refractivity contribution < 1.29 is 17.6 Å². The van der Waals surface area contributed by atoms with Crippen LogP contribution >= 0.6 is 0 Å². The lowest BCUT2D eigenvalue weighted by Gasteiger charge is -2.34. The van der Waals surface area contributed by atoms with E-state index in [-0.39, 0.29) is 11.7 Å². The molecule has 0 spiro atoms. The standard InChI is InChI=1S/C16H22N4O4S/c1-25(22,23)12-11-18-7-9-19(10-8-18)16(21)15-4-3-14(24-15)13-20-6-2-5-17-20/h2-6H,7-13H2,1H3. The Labute approximate surface area is 146 Å². The second-order valence-corrected chi connectivity index (χ2v) is 8.49. The van der Waals surface area contributed by atoms with E-state index in [1.165, 1.54) is 6.26 Å². The van der Waals surface area contributed by atoms with Crippen molar-refractivity contribution in [3.63, 3.8) is 0 Å². The number of furan rings is 1. The second kappa shape index (κ2) is 7.40. The van der Waals surface area contributed by atoms with Crippen molar-refractivity contribution in [2.75, 3.05) is 44.7 Å². The molecule has 9 heteroatoms. The van der Waals surface area contributed by atoms with Gasteiger partial charge in [-0.15, -0.1) is 0 Å². The summed E-state index contributed by atoms with van der Waals surface area (Å²) in [5.41, 5.74) is 0. The third-order valence-corrected chi connectivity index (χ3v) is 5.11. The minimum absolute atomic E-state index is 0.130. The van der Waals surface area contributed by atoms with Crippen molar-refractivity contribution in [3.8, 4) is 0 Å². The minimum Gasteiger partial charge on any atom is -0.454 e. The largest absolute Gasteiger partial charge is 0.454 e. The Bertz CT molecular complexity index is 805. The molecule has 0 unspecified atom stereocenters. The molecule has 136 valence electrons. The molecule has 2 aromatic rings. The maximum absolute atomic E-state index is 12.5. The van der Waals surface area contributed by atoms with Crippen molar-refractivity contribution in [1.29, 1.82) is 0 Å².